The van der Waals surface area contributed by atoms with E-state index in [4.69, 9.17) is 4.98 Å². The summed E-state index contributed by atoms with van der Waals surface area (Å²) in [4.78, 5) is 17.3. The summed E-state index contributed by atoms with van der Waals surface area (Å²) in [5.41, 5.74) is 3.33. The molecule has 3 rings (SSSR count). The standard InChI is InChI=1S/C13H15N3OS/c1-14-13(17)16-11-8-4-2-3-5-10(8)15-12-9(11)6-7-18-12/h6-7H,2-5H2,1H3,(H2,14,15,16,17). The number of hydrogen-bond acceptors (Lipinski definition) is 3. The minimum absolute atomic E-state index is 0.165. The van der Waals surface area contributed by atoms with E-state index in [-0.39, 0.29) is 6.03 Å². The molecule has 2 N–H and O–H groups in total. The first-order valence-electron chi connectivity index (χ1n) is 6.17. The van der Waals surface area contributed by atoms with Crippen molar-refractivity contribution in [3.63, 3.8) is 0 Å². The van der Waals surface area contributed by atoms with Gasteiger partial charge >= 0.3 is 6.03 Å². The highest BCUT2D eigenvalue weighted by atomic mass is 32.1. The molecule has 0 atom stereocenters. The zero-order chi connectivity index (χ0) is 12.5. The van der Waals surface area contributed by atoms with Crippen LogP contribution in [-0.2, 0) is 12.8 Å². The normalized spacial score (nSPS) is 14.3. The van der Waals surface area contributed by atoms with Crippen molar-refractivity contribution in [2.75, 3.05) is 12.4 Å². The highest BCUT2D eigenvalue weighted by Gasteiger charge is 2.19. The Morgan fingerprint density at radius 1 is 1.39 bits per heavy atom. The zero-order valence-corrected chi connectivity index (χ0v) is 11.1. The van der Waals surface area contributed by atoms with Crippen LogP contribution in [0.3, 0.4) is 0 Å². The van der Waals surface area contributed by atoms with E-state index >= 15 is 0 Å². The SMILES string of the molecule is CNC(=O)Nc1c2c(nc3sccc13)CCCC2. The molecule has 0 saturated carbocycles. The van der Waals surface area contributed by atoms with Gasteiger partial charge in [-0.25, -0.2) is 9.78 Å². The average Bonchev–Trinajstić information content (AvgIpc) is 2.86. The van der Waals surface area contributed by atoms with Gasteiger partial charge in [-0.1, -0.05) is 0 Å². The van der Waals surface area contributed by atoms with Gasteiger partial charge in [0, 0.05) is 18.1 Å². The second kappa shape index (κ2) is 4.57. The van der Waals surface area contributed by atoms with Crippen LogP contribution in [0.1, 0.15) is 24.1 Å². The Morgan fingerprint density at radius 2 is 2.22 bits per heavy atom. The van der Waals surface area contributed by atoms with Gasteiger partial charge in [0.2, 0.25) is 0 Å². The molecule has 5 heteroatoms. The second-order valence-electron chi connectivity index (χ2n) is 4.46. The first-order valence-corrected chi connectivity index (χ1v) is 7.05. The second-order valence-corrected chi connectivity index (χ2v) is 5.36. The van der Waals surface area contributed by atoms with Crippen LogP contribution in [-0.4, -0.2) is 18.1 Å². The summed E-state index contributed by atoms with van der Waals surface area (Å²) in [5, 5.41) is 8.66. The molecule has 0 bridgehead atoms. The highest BCUT2D eigenvalue weighted by molar-refractivity contribution is 7.16. The Labute approximate surface area is 109 Å². The lowest BCUT2D eigenvalue weighted by atomic mass is 9.94. The molecule has 2 amide bonds. The Balaban J connectivity index is 2.17. The van der Waals surface area contributed by atoms with Crippen LogP contribution in [0.2, 0.25) is 0 Å². The maximum absolute atomic E-state index is 11.6. The molecular formula is C13H15N3OS. The van der Waals surface area contributed by atoms with Crippen LogP contribution in [0.25, 0.3) is 10.2 Å². The van der Waals surface area contributed by atoms with Gasteiger partial charge in [0.15, 0.2) is 0 Å². The monoisotopic (exact) mass is 261 g/mol. The Hall–Kier alpha value is -1.62. The molecule has 1 aliphatic rings. The zero-order valence-electron chi connectivity index (χ0n) is 10.2. The number of aryl methyl sites for hydroxylation is 1. The fourth-order valence-electron chi connectivity index (χ4n) is 2.46. The summed E-state index contributed by atoms with van der Waals surface area (Å²) in [7, 11) is 1.63. The minimum atomic E-state index is -0.165. The molecule has 18 heavy (non-hydrogen) atoms. The highest BCUT2D eigenvalue weighted by Crippen LogP contribution is 2.35. The molecule has 0 radical (unpaired) electrons. The van der Waals surface area contributed by atoms with Gasteiger partial charge in [0.1, 0.15) is 4.83 Å². The van der Waals surface area contributed by atoms with Crippen LogP contribution in [0.15, 0.2) is 11.4 Å². The van der Waals surface area contributed by atoms with E-state index in [1.165, 1.54) is 18.4 Å². The van der Waals surface area contributed by atoms with Crippen molar-refractivity contribution in [2.45, 2.75) is 25.7 Å². The van der Waals surface area contributed by atoms with Crippen LogP contribution in [0.4, 0.5) is 10.5 Å². The van der Waals surface area contributed by atoms with Gasteiger partial charge in [-0.3, -0.25) is 0 Å². The van der Waals surface area contributed by atoms with Crippen LogP contribution in [0.5, 0.6) is 0 Å². The molecular weight excluding hydrogens is 246 g/mol. The van der Waals surface area contributed by atoms with Crippen molar-refractivity contribution in [2.24, 2.45) is 0 Å². The number of anilines is 1. The van der Waals surface area contributed by atoms with E-state index in [1.807, 2.05) is 11.4 Å². The number of fused-ring (bicyclic) bond motifs is 2. The molecule has 1 aliphatic carbocycles. The maximum Gasteiger partial charge on any atom is 0.319 e. The fourth-order valence-corrected chi connectivity index (χ4v) is 3.26. The molecule has 0 aliphatic heterocycles. The van der Waals surface area contributed by atoms with Crippen LogP contribution < -0.4 is 10.6 Å². The van der Waals surface area contributed by atoms with Gasteiger partial charge in [-0.15, -0.1) is 11.3 Å². The number of urea groups is 1. The summed E-state index contributed by atoms with van der Waals surface area (Å²) in [5.74, 6) is 0. The average molecular weight is 261 g/mol. The van der Waals surface area contributed by atoms with Gasteiger partial charge in [-0.2, -0.15) is 0 Å². The number of rotatable bonds is 1. The van der Waals surface area contributed by atoms with Crippen LogP contribution in [0, 0.1) is 0 Å². The predicted octanol–water partition coefficient (Wildman–Crippen LogP) is 2.93. The van der Waals surface area contributed by atoms with E-state index in [0.717, 1.165) is 34.4 Å². The van der Waals surface area contributed by atoms with E-state index in [2.05, 4.69) is 10.6 Å². The molecule has 4 nitrogen and oxygen atoms in total. The van der Waals surface area contributed by atoms with Crippen molar-refractivity contribution in [1.29, 1.82) is 0 Å². The lowest BCUT2D eigenvalue weighted by Crippen LogP contribution is -2.26. The molecule has 2 heterocycles. The molecule has 0 saturated heterocycles. The molecule has 2 aromatic rings. The molecule has 0 aromatic carbocycles. The number of carbonyl (C=O) groups excluding carboxylic acids is 1. The first kappa shape index (κ1) is 11.5. The quantitative estimate of drug-likeness (QED) is 0.829. The van der Waals surface area contributed by atoms with Crippen LogP contribution >= 0.6 is 11.3 Å². The van der Waals surface area contributed by atoms with Crippen molar-refractivity contribution in [3.05, 3.63) is 22.7 Å². The summed E-state index contributed by atoms with van der Waals surface area (Å²) in [6.07, 6.45) is 4.39. The van der Waals surface area contributed by atoms with Crippen molar-refractivity contribution >= 4 is 33.3 Å². The number of carbonyl (C=O) groups is 1. The third kappa shape index (κ3) is 1.84. The van der Waals surface area contributed by atoms with Gasteiger partial charge < -0.3 is 10.6 Å². The summed E-state index contributed by atoms with van der Waals surface area (Å²) >= 11 is 1.63. The lowest BCUT2D eigenvalue weighted by Gasteiger charge is -2.19. The maximum atomic E-state index is 11.6. The summed E-state index contributed by atoms with van der Waals surface area (Å²) in [6.45, 7) is 0. The summed E-state index contributed by atoms with van der Waals surface area (Å²) in [6, 6.07) is 1.87. The van der Waals surface area contributed by atoms with E-state index in [0.29, 0.717) is 0 Å². The Morgan fingerprint density at radius 3 is 3.06 bits per heavy atom. The third-order valence-electron chi connectivity index (χ3n) is 3.36. The number of pyridine rings is 1. The Bertz CT molecular complexity index is 606. The minimum Gasteiger partial charge on any atom is -0.341 e. The van der Waals surface area contributed by atoms with Crippen molar-refractivity contribution in [1.82, 2.24) is 10.3 Å². The first-order chi connectivity index (χ1) is 8.79. The fraction of sp³-hybridized carbons (Fsp3) is 0.385. The predicted molar refractivity (Wildman–Crippen MR) is 74.3 cm³/mol. The number of amides is 2. The number of hydrogen-bond donors (Lipinski definition) is 2. The third-order valence-corrected chi connectivity index (χ3v) is 4.16. The number of nitrogens with one attached hydrogen (secondary N) is 2. The van der Waals surface area contributed by atoms with Gasteiger partial charge in [-0.05, 0) is 42.7 Å². The number of thiophene rings is 1. The summed E-state index contributed by atoms with van der Waals surface area (Å²) < 4.78 is 0. The van der Waals surface area contributed by atoms with E-state index in [9.17, 15) is 4.79 Å². The Kier molecular flexibility index (Phi) is 2.91. The topological polar surface area (TPSA) is 54.0 Å². The molecule has 2 aromatic heterocycles. The lowest BCUT2D eigenvalue weighted by molar-refractivity contribution is 0.254. The van der Waals surface area contributed by atoms with Gasteiger partial charge in [0.25, 0.3) is 0 Å². The molecule has 0 fully saturated rings. The smallest absolute Gasteiger partial charge is 0.319 e. The van der Waals surface area contributed by atoms with Crippen molar-refractivity contribution in [3.8, 4) is 0 Å². The molecule has 94 valence electrons. The number of aromatic nitrogens is 1. The number of nitrogens with zero attached hydrogens (tertiary/aromatic N) is 1. The van der Waals surface area contributed by atoms with Gasteiger partial charge in [0.05, 0.1) is 5.69 Å². The molecule has 0 spiro atoms. The van der Waals surface area contributed by atoms with Crippen molar-refractivity contribution < 1.29 is 4.79 Å². The van der Waals surface area contributed by atoms with E-state index in [1.54, 1.807) is 18.4 Å². The van der Waals surface area contributed by atoms with E-state index < -0.39 is 0 Å². The molecule has 0 unspecified atom stereocenters. The largest absolute Gasteiger partial charge is 0.341 e.